The minimum atomic E-state index is -1.26. The number of carbonyl (C=O) groups is 2. The maximum atomic E-state index is 12.5. The summed E-state index contributed by atoms with van der Waals surface area (Å²) in [5, 5.41) is 22.3. The number of tetrazole rings is 1. The normalized spacial score (nSPS) is 15.4. The van der Waals surface area contributed by atoms with Crippen molar-refractivity contribution in [2.45, 2.75) is 90.1 Å². The number of ether oxygens (including phenoxy) is 3. The molecule has 1 fully saturated rings. The number of aliphatic carboxylic acids is 1. The maximum Gasteiger partial charge on any atom is 0.410 e. The van der Waals surface area contributed by atoms with Crippen molar-refractivity contribution in [1.82, 2.24) is 35.1 Å². The molecule has 4 rings (SSSR count). The van der Waals surface area contributed by atoms with Gasteiger partial charge in [0, 0.05) is 58.9 Å². The van der Waals surface area contributed by atoms with Crippen molar-refractivity contribution in [1.29, 1.82) is 0 Å². The smallest absolute Gasteiger partial charge is 0.410 e. The average molecular weight is 640 g/mol. The topological polar surface area (TPSA) is 155 Å². The molecule has 45 heavy (non-hydrogen) atoms. The van der Waals surface area contributed by atoms with Crippen molar-refractivity contribution in [3.63, 3.8) is 0 Å². The summed E-state index contributed by atoms with van der Waals surface area (Å²) < 4.78 is 18.9. The summed E-state index contributed by atoms with van der Waals surface area (Å²) >= 11 is 0. The lowest BCUT2D eigenvalue weighted by atomic mass is 9.84. The zero-order valence-electron chi connectivity index (χ0n) is 26.7. The zero-order chi connectivity index (χ0) is 32.2. The zero-order valence-corrected chi connectivity index (χ0v) is 27.7. The van der Waals surface area contributed by atoms with Crippen molar-refractivity contribution in [2.24, 2.45) is 5.92 Å². The first kappa shape index (κ1) is 34.0. The number of amides is 1. The molecule has 1 amide bonds. The van der Waals surface area contributed by atoms with Crippen LogP contribution in [0.3, 0.4) is 0 Å². The van der Waals surface area contributed by atoms with Gasteiger partial charge in [-0.15, -0.1) is 5.10 Å². The van der Waals surface area contributed by atoms with Crippen LogP contribution in [-0.4, -0.2) is 86.1 Å². The minimum absolute atomic E-state index is 0.131. The van der Waals surface area contributed by atoms with E-state index < -0.39 is 25.9 Å². The number of carbonyl (C=O) groups excluding carboxylic acids is 1. The summed E-state index contributed by atoms with van der Waals surface area (Å²) in [6.07, 6.45) is 5.65. The second kappa shape index (κ2) is 16.4. The molecule has 3 aromatic rings. The Morgan fingerprint density at radius 1 is 1.07 bits per heavy atom. The van der Waals surface area contributed by atoms with Gasteiger partial charge in [0.25, 0.3) is 0 Å². The average Bonchev–Trinajstić information content (AvgIpc) is 3.49. The molecule has 244 valence electrons. The molecule has 3 heterocycles. The molecule has 14 heteroatoms. The molecule has 0 spiro atoms. The van der Waals surface area contributed by atoms with E-state index in [0.29, 0.717) is 57.6 Å². The fraction of sp³-hybridized carbons (Fsp3) is 0.581. The lowest BCUT2D eigenvalue weighted by molar-refractivity contribution is -0.143. The number of carboxylic acid groups (broad SMARTS) is 1. The Labute approximate surface area is 265 Å². The molecule has 0 aliphatic carbocycles. The van der Waals surface area contributed by atoms with Crippen LogP contribution in [0.25, 0.3) is 0 Å². The van der Waals surface area contributed by atoms with Crippen LogP contribution < -0.4 is 4.74 Å². The maximum absolute atomic E-state index is 12.5. The molecule has 2 aromatic heterocycles. The van der Waals surface area contributed by atoms with E-state index in [1.54, 1.807) is 22.0 Å². The summed E-state index contributed by atoms with van der Waals surface area (Å²) in [6, 6.07) is 10.8. The number of benzene rings is 1. The van der Waals surface area contributed by atoms with Gasteiger partial charge in [-0.1, -0.05) is 63.3 Å². The number of nitrogens with zero attached hydrogens (tertiary/aromatic N) is 7. The van der Waals surface area contributed by atoms with Crippen LogP contribution >= 0.6 is 0 Å². The van der Waals surface area contributed by atoms with Gasteiger partial charge in [-0.3, -0.25) is 4.79 Å². The van der Waals surface area contributed by atoms with Gasteiger partial charge in [0.15, 0.2) is 5.82 Å². The highest BCUT2D eigenvalue weighted by Crippen LogP contribution is 2.31. The van der Waals surface area contributed by atoms with E-state index in [1.165, 1.54) is 0 Å². The van der Waals surface area contributed by atoms with Crippen LogP contribution in [0.2, 0.25) is 25.7 Å². The lowest BCUT2D eigenvalue weighted by Crippen LogP contribution is -2.42. The van der Waals surface area contributed by atoms with E-state index in [0.717, 1.165) is 17.2 Å². The van der Waals surface area contributed by atoms with E-state index >= 15 is 0 Å². The minimum Gasteiger partial charge on any atom is -0.481 e. The third-order valence-electron chi connectivity index (χ3n) is 7.82. The summed E-state index contributed by atoms with van der Waals surface area (Å²) in [6.45, 7) is 10.8. The second-order valence-electron chi connectivity index (χ2n) is 12.6. The number of hydrogen-bond acceptors (Lipinski definition) is 10. The molecular formula is C31H45N7O6Si. The molecule has 1 aliphatic heterocycles. The van der Waals surface area contributed by atoms with Gasteiger partial charge in [0.2, 0.25) is 0 Å². The number of likely N-dealkylation sites (tertiary alicyclic amines) is 1. The molecule has 13 nitrogen and oxygen atoms in total. The van der Waals surface area contributed by atoms with Gasteiger partial charge < -0.3 is 24.2 Å². The van der Waals surface area contributed by atoms with E-state index in [2.05, 4.69) is 45.1 Å². The monoisotopic (exact) mass is 639 g/mol. The highest BCUT2D eigenvalue weighted by atomic mass is 28.3. The van der Waals surface area contributed by atoms with Crippen molar-refractivity contribution in [3.05, 3.63) is 59.7 Å². The van der Waals surface area contributed by atoms with Crippen LogP contribution in [0.1, 0.15) is 55.5 Å². The quantitative estimate of drug-likeness (QED) is 0.170. The number of rotatable bonds is 16. The van der Waals surface area contributed by atoms with Gasteiger partial charge >= 0.3 is 18.1 Å². The van der Waals surface area contributed by atoms with Crippen LogP contribution in [0.5, 0.6) is 6.01 Å². The Morgan fingerprint density at radius 2 is 1.78 bits per heavy atom. The van der Waals surface area contributed by atoms with Crippen LogP contribution in [0, 0.1) is 5.92 Å². The Hall–Kier alpha value is -3.91. The molecule has 1 N–H and O–H groups in total. The van der Waals surface area contributed by atoms with Gasteiger partial charge in [-0.05, 0) is 40.4 Å². The first-order valence-corrected chi connectivity index (χ1v) is 19.3. The predicted octanol–water partition coefficient (Wildman–Crippen LogP) is 4.78. The van der Waals surface area contributed by atoms with E-state index in [-0.39, 0.29) is 31.5 Å². The highest BCUT2D eigenvalue weighted by Gasteiger charge is 2.33. The molecule has 2 atom stereocenters. The standard InChI is InChI=1S/C31H45N7O6Si/c1-5-9-26(29(39)40)27(28-34-35-36-38(28)22-42-16-17-45(2,3)4)18-24-19-32-30(33-20-24)44-25-12-14-37(15-13-25)31(41)43-21-23-10-7-6-8-11-23/h6-8,10-11,19-20,25-27H,5,9,12-18,21-22H2,1-4H3,(H,39,40)/t26?,27-/m0/s1. The predicted molar refractivity (Wildman–Crippen MR) is 168 cm³/mol. The van der Waals surface area contributed by atoms with Crippen LogP contribution in [0.4, 0.5) is 4.79 Å². The highest BCUT2D eigenvalue weighted by molar-refractivity contribution is 6.76. The molecule has 0 radical (unpaired) electrons. The Morgan fingerprint density at radius 3 is 2.42 bits per heavy atom. The molecule has 1 aromatic carbocycles. The first-order chi connectivity index (χ1) is 21.6. The van der Waals surface area contributed by atoms with Crippen molar-refractivity contribution in [3.8, 4) is 6.01 Å². The van der Waals surface area contributed by atoms with E-state index in [4.69, 9.17) is 14.2 Å². The molecule has 1 aliphatic rings. The number of piperidine rings is 1. The van der Waals surface area contributed by atoms with Crippen LogP contribution in [0.15, 0.2) is 42.7 Å². The van der Waals surface area contributed by atoms with Gasteiger partial charge in [-0.25, -0.2) is 19.4 Å². The van der Waals surface area contributed by atoms with Crippen molar-refractivity contribution in [2.75, 3.05) is 19.7 Å². The molecular weight excluding hydrogens is 594 g/mol. The largest absolute Gasteiger partial charge is 0.481 e. The first-order valence-electron chi connectivity index (χ1n) is 15.6. The molecule has 1 saturated heterocycles. The summed E-state index contributed by atoms with van der Waals surface area (Å²) in [7, 11) is -1.26. The molecule has 0 bridgehead atoms. The van der Waals surface area contributed by atoms with Crippen LogP contribution in [-0.2, 0) is 34.0 Å². The number of hydrogen-bond donors (Lipinski definition) is 1. The van der Waals surface area contributed by atoms with Crippen molar-refractivity contribution < 1.29 is 28.9 Å². The van der Waals surface area contributed by atoms with Crippen molar-refractivity contribution >= 4 is 20.1 Å². The van der Waals surface area contributed by atoms with E-state index in [9.17, 15) is 14.7 Å². The number of carboxylic acids is 1. The third kappa shape index (κ3) is 10.6. The van der Waals surface area contributed by atoms with Gasteiger partial charge in [-0.2, -0.15) is 0 Å². The Balaban J connectivity index is 1.33. The third-order valence-corrected chi connectivity index (χ3v) is 9.52. The summed E-state index contributed by atoms with van der Waals surface area (Å²) in [5.74, 6) is -1.62. The SMILES string of the molecule is CCCC(C(=O)O)[C@H](Cc1cnc(OC2CCN(C(=O)OCc3ccccc3)CC2)nc1)c1nnnn1COCC[Si](C)(C)C. The fourth-order valence-corrected chi connectivity index (χ4v) is 5.96. The second-order valence-corrected chi connectivity index (χ2v) is 18.3. The fourth-order valence-electron chi connectivity index (χ4n) is 5.20. The molecule has 1 unspecified atom stereocenters. The van der Waals surface area contributed by atoms with Gasteiger partial charge in [0.05, 0.1) is 5.92 Å². The Bertz CT molecular complexity index is 1340. The molecule has 0 saturated carbocycles. The lowest BCUT2D eigenvalue weighted by Gasteiger charge is -2.31. The van der Waals surface area contributed by atoms with Gasteiger partial charge in [0.1, 0.15) is 19.4 Å². The number of aromatic nitrogens is 6. The summed E-state index contributed by atoms with van der Waals surface area (Å²) in [4.78, 5) is 35.4. The Kier molecular flexibility index (Phi) is 12.4. The summed E-state index contributed by atoms with van der Waals surface area (Å²) in [5.41, 5.74) is 1.69. The van der Waals surface area contributed by atoms with E-state index in [1.807, 2.05) is 37.3 Å².